The van der Waals surface area contributed by atoms with Gasteiger partial charge in [0.1, 0.15) is 0 Å². The Morgan fingerprint density at radius 2 is 2.50 bits per heavy atom. The number of hydrogen-bond donors (Lipinski definition) is 1. The third-order valence-electron chi connectivity index (χ3n) is 1.53. The molecule has 1 unspecified atom stereocenters. The molecule has 1 aromatic rings. The average molecular weight is 137 g/mol. The first-order chi connectivity index (χ1) is 4.84. The lowest BCUT2D eigenvalue weighted by atomic mass is 10.1. The van der Waals surface area contributed by atoms with Crippen molar-refractivity contribution in [2.75, 3.05) is 6.61 Å². The van der Waals surface area contributed by atoms with Crippen LogP contribution < -0.4 is 0 Å². The Morgan fingerprint density at radius 3 is 3.00 bits per heavy atom. The summed E-state index contributed by atoms with van der Waals surface area (Å²) in [5.41, 5.74) is 1.09. The highest BCUT2D eigenvalue weighted by molar-refractivity contribution is 5.13. The standard InChI is InChI=1S/C8H11NO/c1-7(6-10)8-3-2-4-9-5-8/h2-5,7,10H,6H2,1H3. The van der Waals surface area contributed by atoms with Crippen LogP contribution in [0.25, 0.3) is 0 Å². The van der Waals surface area contributed by atoms with Crippen molar-refractivity contribution in [1.82, 2.24) is 4.98 Å². The summed E-state index contributed by atoms with van der Waals surface area (Å²) < 4.78 is 0. The molecule has 0 aliphatic rings. The normalized spacial score (nSPS) is 13.0. The van der Waals surface area contributed by atoms with Crippen molar-refractivity contribution in [2.24, 2.45) is 0 Å². The molecule has 0 radical (unpaired) electrons. The molecule has 54 valence electrons. The number of hydrogen-bond acceptors (Lipinski definition) is 2. The van der Waals surface area contributed by atoms with Gasteiger partial charge >= 0.3 is 0 Å². The van der Waals surface area contributed by atoms with Gasteiger partial charge in [0, 0.05) is 24.9 Å². The Bertz CT molecular complexity index is 186. The highest BCUT2D eigenvalue weighted by Crippen LogP contribution is 2.10. The molecule has 0 amide bonds. The first-order valence-corrected chi connectivity index (χ1v) is 3.35. The van der Waals surface area contributed by atoms with E-state index in [9.17, 15) is 0 Å². The second-order valence-corrected chi connectivity index (χ2v) is 2.37. The van der Waals surface area contributed by atoms with Crippen molar-refractivity contribution in [3.8, 4) is 0 Å². The molecular weight excluding hydrogens is 126 g/mol. The average Bonchev–Trinajstić information content (AvgIpc) is 2.05. The summed E-state index contributed by atoms with van der Waals surface area (Å²) in [6.07, 6.45) is 3.51. The summed E-state index contributed by atoms with van der Waals surface area (Å²) in [6, 6.07) is 3.84. The van der Waals surface area contributed by atoms with Crippen molar-refractivity contribution in [1.29, 1.82) is 0 Å². The zero-order valence-corrected chi connectivity index (χ0v) is 5.99. The van der Waals surface area contributed by atoms with E-state index in [-0.39, 0.29) is 12.5 Å². The van der Waals surface area contributed by atoms with E-state index < -0.39 is 0 Å². The molecule has 10 heavy (non-hydrogen) atoms. The minimum Gasteiger partial charge on any atom is -0.396 e. The number of aliphatic hydroxyl groups is 1. The van der Waals surface area contributed by atoms with Crippen molar-refractivity contribution >= 4 is 0 Å². The van der Waals surface area contributed by atoms with Gasteiger partial charge < -0.3 is 5.11 Å². The highest BCUT2D eigenvalue weighted by atomic mass is 16.3. The Balaban J connectivity index is 2.75. The number of aromatic nitrogens is 1. The molecule has 1 rings (SSSR count). The van der Waals surface area contributed by atoms with Gasteiger partial charge in [-0.25, -0.2) is 0 Å². The van der Waals surface area contributed by atoms with E-state index in [0.717, 1.165) is 5.56 Å². The molecule has 1 heterocycles. The van der Waals surface area contributed by atoms with Gasteiger partial charge in [-0.2, -0.15) is 0 Å². The summed E-state index contributed by atoms with van der Waals surface area (Å²) in [5, 5.41) is 8.76. The lowest BCUT2D eigenvalue weighted by molar-refractivity contribution is 0.273. The molecule has 0 spiro atoms. The first kappa shape index (κ1) is 7.22. The molecule has 0 aliphatic carbocycles. The zero-order valence-electron chi connectivity index (χ0n) is 5.99. The van der Waals surface area contributed by atoms with Crippen LogP contribution in [0, 0.1) is 0 Å². The van der Waals surface area contributed by atoms with Crippen LogP contribution in [0.4, 0.5) is 0 Å². The van der Waals surface area contributed by atoms with Crippen LogP contribution >= 0.6 is 0 Å². The van der Waals surface area contributed by atoms with Gasteiger partial charge in [-0.05, 0) is 11.6 Å². The van der Waals surface area contributed by atoms with Gasteiger partial charge in [-0.15, -0.1) is 0 Å². The number of rotatable bonds is 2. The van der Waals surface area contributed by atoms with Gasteiger partial charge in [0.05, 0.1) is 0 Å². The summed E-state index contributed by atoms with van der Waals surface area (Å²) in [7, 11) is 0. The van der Waals surface area contributed by atoms with Crippen molar-refractivity contribution < 1.29 is 5.11 Å². The van der Waals surface area contributed by atoms with E-state index in [2.05, 4.69) is 4.98 Å². The van der Waals surface area contributed by atoms with Gasteiger partial charge in [0.2, 0.25) is 0 Å². The monoisotopic (exact) mass is 137 g/mol. The van der Waals surface area contributed by atoms with Crippen LogP contribution in [0.3, 0.4) is 0 Å². The Labute approximate surface area is 60.5 Å². The fourth-order valence-electron chi connectivity index (χ4n) is 0.773. The van der Waals surface area contributed by atoms with Crippen LogP contribution in [-0.2, 0) is 0 Å². The maximum absolute atomic E-state index is 8.76. The van der Waals surface area contributed by atoms with Gasteiger partial charge in [-0.3, -0.25) is 4.98 Å². The molecule has 1 aromatic heterocycles. The Hall–Kier alpha value is -0.890. The van der Waals surface area contributed by atoms with E-state index >= 15 is 0 Å². The fourth-order valence-corrected chi connectivity index (χ4v) is 0.773. The molecule has 1 atom stereocenters. The van der Waals surface area contributed by atoms with E-state index in [1.165, 1.54) is 0 Å². The summed E-state index contributed by atoms with van der Waals surface area (Å²) in [4.78, 5) is 3.94. The molecule has 1 N–H and O–H groups in total. The van der Waals surface area contributed by atoms with Crippen LogP contribution in [0.15, 0.2) is 24.5 Å². The van der Waals surface area contributed by atoms with Crippen LogP contribution in [0.1, 0.15) is 18.4 Å². The van der Waals surface area contributed by atoms with E-state index in [0.29, 0.717) is 0 Å². The molecule has 0 saturated carbocycles. The largest absolute Gasteiger partial charge is 0.396 e. The Morgan fingerprint density at radius 1 is 1.70 bits per heavy atom. The van der Waals surface area contributed by atoms with E-state index in [1.807, 2.05) is 19.1 Å². The third kappa shape index (κ3) is 1.54. The van der Waals surface area contributed by atoms with Gasteiger partial charge in [0.25, 0.3) is 0 Å². The number of pyridine rings is 1. The van der Waals surface area contributed by atoms with Crippen LogP contribution in [0.5, 0.6) is 0 Å². The molecule has 0 bridgehead atoms. The summed E-state index contributed by atoms with van der Waals surface area (Å²) in [6.45, 7) is 2.16. The summed E-state index contributed by atoms with van der Waals surface area (Å²) in [5.74, 6) is 0.202. The predicted molar refractivity (Wildman–Crippen MR) is 39.7 cm³/mol. The number of aliphatic hydroxyl groups excluding tert-OH is 1. The highest BCUT2D eigenvalue weighted by Gasteiger charge is 2.00. The maximum Gasteiger partial charge on any atom is 0.0497 e. The van der Waals surface area contributed by atoms with Crippen molar-refractivity contribution in [2.45, 2.75) is 12.8 Å². The van der Waals surface area contributed by atoms with Crippen LogP contribution in [-0.4, -0.2) is 16.7 Å². The fraction of sp³-hybridized carbons (Fsp3) is 0.375. The summed E-state index contributed by atoms with van der Waals surface area (Å²) >= 11 is 0. The minimum absolute atomic E-state index is 0.186. The van der Waals surface area contributed by atoms with Crippen molar-refractivity contribution in [3.05, 3.63) is 30.1 Å². The van der Waals surface area contributed by atoms with E-state index in [4.69, 9.17) is 5.11 Å². The molecule has 2 nitrogen and oxygen atoms in total. The zero-order chi connectivity index (χ0) is 7.40. The molecule has 2 heteroatoms. The second-order valence-electron chi connectivity index (χ2n) is 2.37. The topological polar surface area (TPSA) is 33.1 Å². The lowest BCUT2D eigenvalue weighted by Gasteiger charge is -2.05. The molecule has 0 fully saturated rings. The third-order valence-corrected chi connectivity index (χ3v) is 1.53. The van der Waals surface area contributed by atoms with Crippen molar-refractivity contribution in [3.63, 3.8) is 0 Å². The minimum atomic E-state index is 0.186. The first-order valence-electron chi connectivity index (χ1n) is 3.35. The number of nitrogens with zero attached hydrogens (tertiary/aromatic N) is 1. The van der Waals surface area contributed by atoms with Crippen LogP contribution in [0.2, 0.25) is 0 Å². The van der Waals surface area contributed by atoms with Gasteiger partial charge in [0.15, 0.2) is 0 Å². The lowest BCUT2D eigenvalue weighted by Crippen LogP contribution is -1.98. The second kappa shape index (κ2) is 3.32. The Kier molecular flexibility index (Phi) is 2.40. The maximum atomic E-state index is 8.76. The smallest absolute Gasteiger partial charge is 0.0497 e. The molecule has 0 saturated heterocycles. The molecule has 0 aromatic carbocycles. The molecular formula is C8H11NO. The van der Waals surface area contributed by atoms with Gasteiger partial charge in [-0.1, -0.05) is 13.0 Å². The van der Waals surface area contributed by atoms with E-state index in [1.54, 1.807) is 12.4 Å². The predicted octanol–water partition coefficient (Wildman–Crippen LogP) is 1.18. The quantitative estimate of drug-likeness (QED) is 0.664. The molecule has 0 aliphatic heterocycles. The SMILES string of the molecule is CC(CO)c1cccnc1.